The third-order valence-corrected chi connectivity index (χ3v) is 3.57. The summed E-state index contributed by atoms with van der Waals surface area (Å²) in [5.41, 5.74) is 0.787. The molecule has 1 aromatic rings. The van der Waals surface area contributed by atoms with Crippen molar-refractivity contribution in [1.29, 1.82) is 0 Å². The average Bonchev–Trinajstić information content (AvgIpc) is 2.28. The van der Waals surface area contributed by atoms with E-state index >= 15 is 0 Å². The molecular weight excluding hydrogens is 268 g/mol. The summed E-state index contributed by atoms with van der Waals surface area (Å²) in [6.07, 6.45) is 7.67. The molecule has 0 fully saturated rings. The largest absolute Gasteiger partial charge is 0.298 e. The molecule has 1 aromatic heterocycles. The van der Waals surface area contributed by atoms with Crippen molar-refractivity contribution in [2.75, 3.05) is 0 Å². The smallest absolute Gasteiger partial charge is 0.267 e. The number of rotatable bonds is 6. The molecule has 90 valence electrons. The average molecular weight is 287 g/mol. The maximum absolute atomic E-state index is 11.8. The van der Waals surface area contributed by atoms with Gasteiger partial charge in [0.25, 0.3) is 5.56 Å². The predicted molar refractivity (Wildman–Crippen MR) is 69.7 cm³/mol. The minimum Gasteiger partial charge on any atom is -0.298 e. The number of halogens is 1. The van der Waals surface area contributed by atoms with Crippen molar-refractivity contribution in [1.82, 2.24) is 9.55 Å². The number of nitrogens with zero attached hydrogens (tertiary/aromatic N) is 2. The highest BCUT2D eigenvalue weighted by atomic mass is 79.9. The van der Waals surface area contributed by atoms with Crippen LogP contribution >= 0.6 is 15.9 Å². The molecule has 4 heteroatoms. The quantitative estimate of drug-likeness (QED) is 0.752. The summed E-state index contributed by atoms with van der Waals surface area (Å²) < 4.78 is 2.27. The molecule has 0 aliphatic carbocycles. The van der Waals surface area contributed by atoms with Gasteiger partial charge in [-0.3, -0.25) is 9.36 Å². The van der Waals surface area contributed by atoms with E-state index in [-0.39, 0.29) is 5.56 Å². The van der Waals surface area contributed by atoms with E-state index in [1.165, 1.54) is 25.7 Å². The molecule has 1 rings (SSSR count). The fourth-order valence-corrected chi connectivity index (χ4v) is 1.92. The topological polar surface area (TPSA) is 34.9 Å². The Bertz CT molecular complexity index is 387. The molecule has 0 amide bonds. The van der Waals surface area contributed by atoms with Gasteiger partial charge in [0, 0.05) is 6.54 Å². The van der Waals surface area contributed by atoms with Gasteiger partial charge in [0.15, 0.2) is 0 Å². The van der Waals surface area contributed by atoms with Crippen molar-refractivity contribution in [2.45, 2.75) is 52.5 Å². The van der Waals surface area contributed by atoms with Crippen molar-refractivity contribution in [3.8, 4) is 0 Å². The van der Waals surface area contributed by atoms with E-state index in [1.807, 2.05) is 6.92 Å². The maximum Gasteiger partial charge on any atom is 0.267 e. The van der Waals surface area contributed by atoms with Crippen LogP contribution in [0.2, 0.25) is 0 Å². The van der Waals surface area contributed by atoms with Crippen molar-refractivity contribution < 1.29 is 0 Å². The molecule has 0 saturated carbocycles. The minimum absolute atomic E-state index is 0.0305. The second-order valence-corrected chi connectivity index (χ2v) is 4.85. The van der Waals surface area contributed by atoms with Crippen LogP contribution in [-0.2, 0) is 6.54 Å². The van der Waals surface area contributed by atoms with Crippen LogP contribution in [0, 0.1) is 6.92 Å². The SMILES string of the molecule is CCCCCCCn1cnc(C)c(Br)c1=O. The molecule has 16 heavy (non-hydrogen) atoms. The van der Waals surface area contributed by atoms with Crippen LogP contribution in [-0.4, -0.2) is 9.55 Å². The Balaban J connectivity index is 2.49. The molecule has 0 unspecified atom stereocenters. The molecule has 0 N–H and O–H groups in total. The number of hydrogen-bond donors (Lipinski definition) is 0. The Hall–Kier alpha value is -0.640. The van der Waals surface area contributed by atoms with Gasteiger partial charge < -0.3 is 0 Å². The van der Waals surface area contributed by atoms with Gasteiger partial charge in [0.05, 0.1) is 12.0 Å². The van der Waals surface area contributed by atoms with E-state index < -0.39 is 0 Å². The first-order valence-corrected chi connectivity index (χ1v) is 6.67. The highest BCUT2D eigenvalue weighted by Crippen LogP contribution is 2.07. The molecule has 0 bridgehead atoms. The summed E-state index contributed by atoms with van der Waals surface area (Å²) in [6, 6.07) is 0. The van der Waals surface area contributed by atoms with Crippen molar-refractivity contribution in [3.63, 3.8) is 0 Å². The van der Waals surface area contributed by atoms with E-state index in [9.17, 15) is 4.79 Å². The van der Waals surface area contributed by atoms with E-state index in [0.717, 1.165) is 18.7 Å². The number of hydrogen-bond acceptors (Lipinski definition) is 2. The third kappa shape index (κ3) is 3.74. The second kappa shape index (κ2) is 6.84. The van der Waals surface area contributed by atoms with Crippen LogP contribution in [0.4, 0.5) is 0 Å². The van der Waals surface area contributed by atoms with Crippen LogP contribution in [0.15, 0.2) is 15.6 Å². The molecule has 0 spiro atoms. The molecular formula is C12H19BrN2O. The predicted octanol–water partition coefficient (Wildman–Crippen LogP) is 3.28. The summed E-state index contributed by atoms with van der Waals surface area (Å²) in [6.45, 7) is 4.80. The van der Waals surface area contributed by atoms with E-state index in [4.69, 9.17) is 0 Å². The van der Waals surface area contributed by atoms with Gasteiger partial charge in [-0.1, -0.05) is 32.6 Å². The van der Waals surface area contributed by atoms with Crippen LogP contribution in [0.25, 0.3) is 0 Å². The lowest BCUT2D eigenvalue weighted by atomic mass is 10.1. The van der Waals surface area contributed by atoms with Crippen molar-refractivity contribution in [2.24, 2.45) is 0 Å². The zero-order valence-corrected chi connectivity index (χ0v) is 11.6. The monoisotopic (exact) mass is 286 g/mol. The van der Waals surface area contributed by atoms with Gasteiger partial charge in [-0.25, -0.2) is 4.98 Å². The summed E-state index contributed by atoms with van der Waals surface area (Å²) in [5, 5.41) is 0. The third-order valence-electron chi connectivity index (χ3n) is 2.66. The number of aromatic nitrogens is 2. The van der Waals surface area contributed by atoms with E-state index in [1.54, 1.807) is 10.9 Å². The van der Waals surface area contributed by atoms with Gasteiger partial charge in [-0.15, -0.1) is 0 Å². The lowest BCUT2D eigenvalue weighted by molar-refractivity contribution is 0.551. The molecule has 0 aliphatic rings. The highest BCUT2D eigenvalue weighted by molar-refractivity contribution is 9.10. The van der Waals surface area contributed by atoms with Crippen LogP contribution in [0.5, 0.6) is 0 Å². The number of aryl methyl sites for hydroxylation is 2. The van der Waals surface area contributed by atoms with Gasteiger partial charge in [-0.05, 0) is 29.3 Å². The molecule has 0 aromatic carbocycles. The fourth-order valence-electron chi connectivity index (χ4n) is 1.59. The Kier molecular flexibility index (Phi) is 5.74. The first-order chi connectivity index (χ1) is 7.66. The molecule has 0 aliphatic heterocycles. The summed E-state index contributed by atoms with van der Waals surface area (Å²) in [5.74, 6) is 0. The lowest BCUT2D eigenvalue weighted by Gasteiger charge is -2.06. The molecule has 0 saturated heterocycles. The second-order valence-electron chi connectivity index (χ2n) is 4.06. The van der Waals surface area contributed by atoms with E-state index in [0.29, 0.717) is 4.47 Å². The van der Waals surface area contributed by atoms with Crippen LogP contribution in [0.1, 0.15) is 44.7 Å². The van der Waals surface area contributed by atoms with Gasteiger partial charge in [0.2, 0.25) is 0 Å². The van der Waals surface area contributed by atoms with Gasteiger partial charge in [0.1, 0.15) is 4.47 Å². The first kappa shape index (κ1) is 13.4. The molecule has 3 nitrogen and oxygen atoms in total. The summed E-state index contributed by atoms with van der Waals surface area (Å²) >= 11 is 3.27. The maximum atomic E-state index is 11.8. The number of unbranched alkanes of at least 4 members (excludes halogenated alkanes) is 4. The van der Waals surface area contributed by atoms with Crippen molar-refractivity contribution in [3.05, 3.63) is 26.8 Å². The normalized spacial score (nSPS) is 10.7. The zero-order valence-electron chi connectivity index (χ0n) is 10.0. The standard InChI is InChI=1S/C12H19BrN2O/c1-3-4-5-6-7-8-15-9-14-10(2)11(13)12(15)16/h9H,3-8H2,1-2H3. The Morgan fingerprint density at radius 2 is 2.00 bits per heavy atom. The zero-order chi connectivity index (χ0) is 12.0. The van der Waals surface area contributed by atoms with Crippen LogP contribution < -0.4 is 5.56 Å². The fraction of sp³-hybridized carbons (Fsp3) is 0.667. The summed E-state index contributed by atoms with van der Waals surface area (Å²) in [4.78, 5) is 16.0. The molecule has 0 atom stereocenters. The van der Waals surface area contributed by atoms with E-state index in [2.05, 4.69) is 27.8 Å². The van der Waals surface area contributed by atoms with Gasteiger partial charge >= 0.3 is 0 Å². The highest BCUT2D eigenvalue weighted by Gasteiger charge is 2.04. The Morgan fingerprint density at radius 3 is 2.69 bits per heavy atom. The van der Waals surface area contributed by atoms with Crippen LogP contribution in [0.3, 0.4) is 0 Å². The minimum atomic E-state index is 0.0305. The summed E-state index contributed by atoms with van der Waals surface area (Å²) in [7, 11) is 0. The molecule has 0 radical (unpaired) electrons. The van der Waals surface area contributed by atoms with Crippen molar-refractivity contribution >= 4 is 15.9 Å². The molecule has 1 heterocycles. The first-order valence-electron chi connectivity index (χ1n) is 5.88. The Labute approximate surface area is 105 Å². The Morgan fingerprint density at radius 1 is 1.31 bits per heavy atom. The van der Waals surface area contributed by atoms with Gasteiger partial charge in [-0.2, -0.15) is 0 Å². The lowest BCUT2D eigenvalue weighted by Crippen LogP contribution is -2.22.